The maximum Gasteiger partial charge on any atom is 0.324 e. The molecule has 9 nitrogen and oxygen atoms in total. The van der Waals surface area contributed by atoms with Gasteiger partial charge in [0.15, 0.2) is 5.82 Å². The van der Waals surface area contributed by atoms with E-state index in [0.29, 0.717) is 23.9 Å². The third kappa shape index (κ3) is 4.46. The zero-order valence-electron chi connectivity index (χ0n) is 17.4. The highest BCUT2D eigenvalue weighted by Gasteiger charge is 2.16. The number of nitrogens with two attached hydrogens (primary N) is 1. The molecule has 0 radical (unpaired) electrons. The quantitative estimate of drug-likeness (QED) is 0.382. The number of nitrogen functional groups attached to an aromatic ring is 1. The Morgan fingerprint density at radius 2 is 1.94 bits per heavy atom. The van der Waals surface area contributed by atoms with Gasteiger partial charge < -0.3 is 16.4 Å². The Bertz CT molecular complexity index is 1220. The number of hydrogen-bond donors (Lipinski definition) is 4. The summed E-state index contributed by atoms with van der Waals surface area (Å²) in [5, 5.41) is 13.2. The lowest BCUT2D eigenvalue weighted by Crippen LogP contribution is -2.20. The van der Waals surface area contributed by atoms with E-state index in [0.717, 1.165) is 34.3 Å². The van der Waals surface area contributed by atoms with Crippen LogP contribution in [0, 0.1) is 6.92 Å². The lowest BCUT2D eigenvalue weighted by atomic mass is 10.0. The van der Waals surface area contributed by atoms with Gasteiger partial charge in [-0.05, 0) is 54.4 Å². The Labute approximate surface area is 179 Å². The zero-order valence-corrected chi connectivity index (χ0v) is 17.4. The molecule has 0 bridgehead atoms. The number of aryl methyl sites for hydroxylation is 1. The summed E-state index contributed by atoms with van der Waals surface area (Å²) in [6.07, 6.45) is 5.06. The average molecular weight is 416 g/mol. The van der Waals surface area contributed by atoms with Crippen LogP contribution in [0.4, 0.5) is 22.1 Å². The van der Waals surface area contributed by atoms with Crippen LogP contribution < -0.4 is 21.7 Å². The molecule has 0 saturated heterocycles. The fourth-order valence-electron chi connectivity index (χ4n) is 3.40. The first kappa shape index (κ1) is 20.3. The minimum atomic E-state index is -0.356. The van der Waals surface area contributed by atoms with Crippen LogP contribution in [-0.2, 0) is 6.54 Å². The first-order valence-electron chi connectivity index (χ1n) is 9.97. The number of carbonyl (C=O) groups excluding carboxylic acids is 1. The van der Waals surface area contributed by atoms with Crippen molar-refractivity contribution >= 4 is 28.9 Å². The molecule has 0 atom stereocenters. The summed E-state index contributed by atoms with van der Waals surface area (Å²) in [6, 6.07) is 10.9. The van der Waals surface area contributed by atoms with E-state index in [1.54, 1.807) is 16.8 Å². The molecule has 0 aliphatic rings. The van der Waals surface area contributed by atoms with Crippen molar-refractivity contribution < 1.29 is 4.79 Å². The number of carbonyl (C=O) groups is 1. The summed E-state index contributed by atoms with van der Waals surface area (Å²) >= 11 is 0. The molecular weight excluding hydrogens is 392 g/mol. The third-order valence-electron chi connectivity index (χ3n) is 4.83. The highest BCUT2D eigenvalue weighted by molar-refractivity contribution is 5.99. The van der Waals surface area contributed by atoms with Gasteiger partial charge in [-0.1, -0.05) is 19.1 Å². The van der Waals surface area contributed by atoms with Crippen molar-refractivity contribution in [2.24, 2.45) is 0 Å². The lowest BCUT2D eigenvalue weighted by molar-refractivity contribution is 0.262. The second-order valence-electron chi connectivity index (χ2n) is 7.12. The van der Waals surface area contributed by atoms with Crippen LogP contribution in [0.1, 0.15) is 18.1 Å². The average Bonchev–Trinajstić information content (AvgIpc) is 3.12. The third-order valence-corrected chi connectivity index (χ3v) is 4.83. The van der Waals surface area contributed by atoms with Crippen LogP contribution in [0.25, 0.3) is 16.6 Å². The van der Waals surface area contributed by atoms with E-state index in [1.807, 2.05) is 43.5 Å². The van der Waals surface area contributed by atoms with Gasteiger partial charge in [0.1, 0.15) is 17.7 Å². The molecule has 1 aromatic carbocycles. The van der Waals surface area contributed by atoms with E-state index in [9.17, 15) is 4.79 Å². The molecule has 0 aliphatic carbocycles. The maximum atomic E-state index is 12.3. The highest BCUT2D eigenvalue weighted by Crippen LogP contribution is 2.33. The van der Waals surface area contributed by atoms with Crippen molar-refractivity contribution in [2.75, 3.05) is 22.9 Å². The first-order chi connectivity index (χ1) is 15.0. The first-order valence-corrected chi connectivity index (χ1v) is 9.97. The van der Waals surface area contributed by atoms with Crippen molar-refractivity contribution in [3.63, 3.8) is 0 Å². The Balaban J connectivity index is 1.58. The summed E-state index contributed by atoms with van der Waals surface area (Å²) in [4.78, 5) is 20.6. The fraction of sp³-hybridized carbons (Fsp3) is 0.182. The van der Waals surface area contributed by atoms with E-state index >= 15 is 0 Å². The Morgan fingerprint density at radius 1 is 1.13 bits per heavy atom. The van der Waals surface area contributed by atoms with Crippen molar-refractivity contribution in [1.29, 1.82) is 0 Å². The number of nitrogens with one attached hydrogen (secondary N) is 3. The van der Waals surface area contributed by atoms with Gasteiger partial charge in [-0.25, -0.2) is 19.3 Å². The van der Waals surface area contributed by atoms with E-state index < -0.39 is 0 Å². The van der Waals surface area contributed by atoms with Crippen LogP contribution >= 0.6 is 0 Å². The predicted molar refractivity (Wildman–Crippen MR) is 122 cm³/mol. The largest absolute Gasteiger partial charge is 0.382 e. The molecule has 31 heavy (non-hydrogen) atoms. The standard InChI is InChI=1S/C22H24N8O/c1-3-24-11-16-12-30-20(21(23)26-13-27-30)19(16)15-4-6-17(7-5-15)28-22(31)29-18-10-14(2)8-9-25-18/h4-10,12-13,24H,3,11H2,1-2H3,(H2,23,26,27)(H2,25,28,29,31). The van der Waals surface area contributed by atoms with Crippen molar-refractivity contribution in [3.05, 3.63) is 66.2 Å². The number of benzene rings is 1. The molecule has 0 fully saturated rings. The number of nitrogens with zero attached hydrogens (tertiary/aromatic N) is 4. The van der Waals surface area contributed by atoms with Gasteiger partial charge >= 0.3 is 6.03 Å². The van der Waals surface area contributed by atoms with E-state index in [4.69, 9.17) is 5.73 Å². The van der Waals surface area contributed by atoms with Crippen molar-refractivity contribution in [3.8, 4) is 11.1 Å². The number of fused-ring (bicyclic) bond motifs is 1. The van der Waals surface area contributed by atoms with Gasteiger partial charge in [-0.3, -0.25) is 5.32 Å². The smallest absolute Gasteiger partial charge is 0.324 e. The molecule has 0 saturated carbocycles. The maximum absolute atomic E-state index is 12.3. The highest BCUT2D eigenvalue weighted by atomic mass is 16.2. The summed E-state index contributed by atoms with van der Waals surface area (Å²) < 4.78 is 1.75. The van der Waals surface area contributed by atoms with E-state index in [-0.39, 0.29) is 6.03 Å². The van der Waals surface area contributed by atoms with Crippen LogP contribution in [0.5, 0.6) is 0 Å². The Hall–Kier alpha value is -3.98. The molecule has 3 heterocycles. The number of urea groups is 1. The van der Waals surface area contributed by atoms with Crippen LogP contribution in [0.3, 0.4) is 0 Å². The molecule has 4 aromatic rings. The normalized spacial score (nSPS) is 10.9. The second-order valence-corrected chi connectivity index (χ2v) is 7.12. The van der Waals surface area contributed by atoms with Crippen LogP contribution in [-0.4, -0.2) is 32.2 Å². The van der Waals surface area contributed by atoms with Gasteiger partial charge in [0.25, 0.3) is 0 Å². The summed E-state index contributed by atoms with van der Waals surface area (Å²) in [5.74, 6) is 0.915. The van der Waals surface area contributed by atoms with Crippen LogP contribution in [0.15, 0.2) is 55.1 Å². The minimum Gasteiger partial charge on any atom is -0.382 e. The molecule has 3 aromatic heterocycles. The van der Waals surface area contributed by atoms with Gasteiger partial charge in [0, 0.05) is 30.2 Å². The number of rotatable bonds is 6. The number of anilines is 3. The lowest BCUT2D eigenvalue weighted by Gasteiger charge is -2.10. The molecule has 5 N–H and O–H groups in total. The number of amides is 2. The monoisotopic (exact) mass is 416 g/mol. The number of hydrogen-bond acceptors (Lipinski definition) is 6. The van der Waals surface area contributed by atoms with E-state index in [2.05, 4.69) is 37.9 Å². The number of aromatic nitrogens is 4. The molecular formula is C22H24N8O. The van der Waals surface area contributed by atoms with Gasteiger partial charge in [-0.15, -0.1) is 0 Å². The van der Waals surface area contributed by atoms with Gasteiger partial charge in [-0.2, -0.15) is 5.10 Å². The molecule has 4 rings (SSSR count). The molecule has 9 heteroatoms. The summed E-state index contributed by atoms with van der Waals surface area (Å²) in [5.41, 5.74) is 11.6. The SMILES string of the molecule is CCNCc1cn2ncnc(N)c2c1-c1ccc(NC(=O)Nc2cc(C)ccn2)cc1. The van der Waals surface area contributed by atoms with Crippen molar-refractivity contribution in [2.45, 2.75) is 20.4 Å². The predicted octanol–water partition coefficient (Wildman–Crippen LogP) is 3.44. The fourth-order valence-corrected chi connectivity index (χ4v) is 3.40. The molecule has 0 unspecified atom stereocenters. The zero-order chi connectivity index (χ0) is 21.8. The summed E-state index contributed by atoms with van der Waals surface area (Å²) in [6.45, 7) is 5.53. The summed E-state index contributed by atoms with van der Waals surface area (Å²) in [7, 11) is 0. The Kier molecular flexibility index (Phi) is 5.76. The van der Waals surface area contributed by atoms with E-state index in [1.165, 1.54) is 6.33 Å². The molecule has 0 spiro atoms. The van der Waals surface area contributed by atoms with Gasteiger partial charge in [0.05, 0.1) is 0 Å². The van der Waals surface area contributed by atoms with Crippen LogP contribution in [0.2, 0.25) is 0 Å². The Morgan fingerprint density at radius 3 is 2.68 bits per heavy atom. The molecule has 158 valence electrons. The van der Waals surface area contributed by atoms with Crippen molar-refractivity contribution in [1.82, 2.24) is 24.9 Å². The second kappa shape index (κ2) is 8.80. The topological polar surface area (TPSA) is 122 Å². The number of pyridine rings is 1. The minimum absolute atomic E-state index is 0.356. The molecule has 0 aliphatic heterocycles. The molecule has 2 amide bonds. The van der Waals surface area contributed by atoms with Gasteiger partial charge in [0.2, 0.25) is 0 Å².